The SMILES string of the molecule is CCNC(=NCC(C)(C)Cc1ccccc1)NCCCOC1CCOC1.I. The van der Waals surface area contributed by atoms with E-state index in [1.54, 1.807) is 0 Å². The van der Waals surface area contributed by atoms with Gasteiger partial charge in [-0.25, -0.2) is 0 Å². The van der Waals surface area contributed by atoms with Gasteiger partial charge in [-0.15, -0.1) is 24.0 Å². The van der Waals surface area contributed by atoms with Crippen LogP contribution in [0.5, 0.6) is 0 Å². The maximum absolute atomic E-state index is 5.80. The van der Waals surface area contributed by atoms with E-state index >= 15 is 0 Å². The molecule has 1 fully saturated rings. The summed E-state index contributed by atoms with van der Waals surface area (Å²) < 4.78 is 11.1. The highest BCUT2D eigenvalue weighted by molar-refractivity contribution is 14.0. The Labute approximate surface area is 181 Å². The number of hydrogen-bond acceptors (Lipinski definition) is 3. The number of benzene rings is 1. The molecule has 154 valence electrons. The standard InChI is InChI=1S/C21H35N3O2.HI/c1-4-22-20(23-12-8-13-26-19-11-14-25-16-19)24-17-21(2,3)15-18-9-6-5-7-10-18;/h5-7,9-10,19H,4,8,11-17H2,1-3H3,(H2,22,23,24);1H. The second kappa shape index (κ2) is 13.3. The van der Waals surface area contributed by atoms with Crippen LogP contribution < -0.4 is 10.6 Å². The minimum Gasteiger partial charge on any atom is -0.379 e. The molecular formula is C21H36IN3O2. The van der Waals surface area contributed by atoms with Gasteiger partial charge < -0.3 is 20.1 Å². The number of aliphatic imine (C=N–C) groups is 1. The molecule has 5 nitrogen and oxygen atoms in total. The minimum absolute atomic E-state index is 0. The molecule has 1 aromatic carbocycles. The Kier molecular flexibility index (Phi) is 11.9. The van der Waals surface area contributed by atoms with Gasteiger partial charge in [-0.1, -0.05) is 44.2 Å². The lowest BCUT2D eigenvalue weighted by atomic mass is 9.86. The number of ether oxygens (including phenoxy) is 2. The van der Waals surface area contributed by atoms with Crippen molar-refractivity contribution in [3.05, 3.63) is 35.9 Å². The lowest BCUT2D eigenvalue weighted by Gasteiger charge is -2.23. The number of hydrogen-bond donors (Lipinski definition) is 2. The van der Waals surface area contributed by atoms with Gasteiger partial charge in [-0.3, -0.25) is 4.99 Å². The zero-order valence-corrected chi connectivity index (χ0v) is 19.3. The van der Waals surface area contributed by atoms with Gasteiger partial charge in [0.05, 0.1) is 12.7 Å². The fourth-order valence-electron chi connectivity index (χ4n) is 3.01. The molecular weight excluding hydrogens is 453 g/mol. The van der Waals surface area contributed by atoms with E-state index in [1.807, 2.05) is 0 Å². The molecule has 0 spiro atoms. The third kappa shape index (κ3) is 10.3. The maximum Gasteiger partial charge on any atom is 0.191 e. The van der Waals surface area contributed by atoms with Gasteiger partial charge in [0.1, 0.15) is 0 Å². The highest BCUT2D eigenvalue weighted by atomic mass is 127. The summed E-state index contributed by atoms with van der Waals surface area (Å²) in [5, 5.41) is 6.74. The van der Waals surface area contributed by atoms with E-state index in [-0.39, 0.29) is 35.5 Å². The van der Waals surface area contributed by atoms with Crippen molar-refractivity contribution in [3.8, 4) is 0 Å². The summed E-state index contributed by atoms with van der Waals surface area (Å²) in [6.07, 6.45) is 3.30. The number of nitrogens with zero attached hydrogens (tertiary/aromatic N) is 1. The Hall–Kier alpha value is -0.860. The van der Waals surface area contributed by atoms with Crippen molar-refractivity contribution in [2.45, 2.75) is 46.1 Å². The molecule has 0 saturated carbocycles. The Morgan fingerprint density at radius 3 is 2.70 bits per heavy atom. The third-order valence-electron chi connectivity index (χ3n) is 4.39. The summed E-state index contributed by atoms with van der Waals surface area (Å²) in [7, 11) is 0. The van der Waals surface area contributed by atoms with Crippen molar-refractivity contribution in [2.75, 3.05) is 39.5 Å². The van der Waals surface area contributed by atoms with Crippen molar-refractivity contribution < 1.29 is 9.47 Å². The van der Waals surface area contributed by atoms with Crippen molar-refractivity contribution >= 4 is 29.9 Å². The van der Waals surface area contributed by atoms with E-state index in [0.717, 1.165) is 64.7 Å². The molecule has 1 atom stereocenters. The van der Waals surface area contributed by atoms with Crippen LogP contribution in [0.15, 0.2) is 35.3 Å². The van der Waals surface area contributed by atoms with Crippen LogP contribution in [0.2, 0.25) is 0 Å². The van der Waals surface area contributed by atoms with Crippen molar-refractivity contribution in [3.63, 3.8) is 0 Å². The molecule has 1 unspecified atom stereocenters. The molecule has 0 aromatic heterocycles. The second-order valence-electron chi connectivity index (χ2n) is 7.66. The minimum atomic E-state index is 0. The summed E-state index contributed by atoms with van der Waals surface area (Å²) in [6.45, 7) is 11.5. The van der Waals surface area contributed by atoms with Crippen LogP contribution in [-0.2, 0) is 15.9 Å². The average molecular weight is 489 g/mol. The predicted molar refractivity (Wildman–Crippen MR) is 123 cm³/mol. The molecule has 2 rings (SSSR count). The van der Waals surface area contributed by atoms with Crippen LogP contribution in [0.25, 0.3) is 0 Å². The third-order valence-corrected chi connectivity index (χ3v) is 4.39. The Bertz CT molecular complexity index is 531. The van der Waals surface area contributed by atoms with E-state index in [9.17, 15) is 0 Å². The molecule has 0 bridgehead atoms. The molecule has 1 aromatic rings. The van der Waals surface area contributed by atoms with Crippen LogP contribution in [-0.4, -0.2) is 51.5 Å². The van der Waals surface area contributed by atoms with Crippen LogP contribution in [0.1, 0.15) is 39.2 Å². The van der Waals surface area contributed by atoms with Crippen LogP contribution in [0.3, 0.4) is 0 Å². The molecule has 1 aliphatic heterocycles. The van der Waals surface area contributed by atoms with Crippen LogP contribution >= 0.6 is 24.0 Å². The first kappa shape index (κ1) is 24.2. The van der Waals surface area contributed by atoms with Gasteiger partial charge in [0, 0.05) is 32.8 Å². The van der Waals surface area contributed by atoms with Crippen molar-refractivity contribution in [1.82, 2.24) is 10.6 Å². The summed E-state index contributed by atoms with van der Waals surface area (Å²) in [5.41, 5.74) is 1.48. The number of rotatable bonds is 10. The maximum atomic E-state index is 5.80. The molecule has 1 saturated heterocycles. The molecule has 1 heterocycles. The largest absolute Gasteiger partial charge is 0.379 e. The van der Waals surface area contributed by atoms with Gasteiger partial charge in [0.2, 0.25) is 0 Å². The highest BCUT2D eigenvalue weighted by Gasteiger charge is 2.18. The Morgan fingerprint density at radius 2 is 2.04 bits per heavy atom. The van der Waals surface area contributed by atoms with Crippen molar-refractivity contribution in [1.29, 1.82) is 0 Å². The molecule has 6 heteroatoms. The van der Waals surface area contributed by atoms with Crippen LogP contribution in [0.4, 0.5) is 0 Å². The van der Waals surface area contributed by atoms with Crippen molar-refractivity contribution in [2.24, 2.45) is 10.4 Å². The highest BCUT2D eigenvalue weighted by Crippen LogP contribution is 2.22. The Morgan fingerprint density at radius 1 is 1.26 bits per heavy atom. The average Bonchev–Trinajstić information content (AvgIpc) is 3.13. The first-order chi connectivity index (χ1) is 12.6. The first-order valence-electron chi connectivity index (χ1n) is 9.84. The Balaban J connectivity index is 0.00000364. The van der Waals surface area contributed by atoms with Crippen LogP contribution in [0, 0.1) is 5.41 Å². The predicted octanol–water partition coefficient (Wildman–Crippen LogP) is 3.62. The molecule has 0 radical (unpaired) electrons. The number of nitrogens with one attached hydrogen (secondary N) is 2. The second-order valence-corrected chi connectivity index (χ2v) is 7.66. The fraction of sp³-hybridized carbons (Fsp3) is 0.667. The summed E-state index contributed by atoms with van der Waals surface area (Å²) in [6, 6.07) is 10.6. The lowest BCUT2D eigenvalue weighted by Crippen LogP contribution is -2.39. The zero-order chi connectivity index (χ0) is 18.7. The van der Waals surface area contributed by atoms with Gasteiger partial charge in [-0.05, 0) is 37.2 Å². The van der Waals surface area contributed by atoms with E-state index in [0.29, 0.717) is 0 Å². The first-order valence-corrected chi connectivity index (χ1v) is 9.84. The fourth-order valence-corrected chi connectivity index (χ4v) is 3.01. The normalized spacial score (nSPS) is 17.4. The molecule has 1 aliphatic rings. The lowest BCUT2D eigenvalue weighted by molar-refractivity contribution is 0.0420. The van der Waals surface area contributed by atoms with E-state index < -0.39 is 0 Å². The molecule has 2 N–H and O–H groups in total. The van der Waals surface area contributed by atoms with Gasteiger partial charge in [-0.2, -0.15) is 0 Å². The molecule has 0 amide bonds. The zero-order valence-electron chi connectivity index (χ0n) is 17.0. The van der Waals surface area contributed by atoms with Gasteiger partial charge in [0.15, 0.2) is 5.96 Å². The molecule has 0 aliphatic carbocycles. The summed E-state index contributed by atoms with van der Waals surface area (Å²) >= 11 is 0. The summed E-state index contributed by atoms with van der Waals surface area (Å²) in [5.74, 6) is 0.887. The van der Waals surface area contributed by atoms with E-state index in [2.05, 4.69) is 61.7 Å². The smallest absolute Gasteiger partial charge is 0.191 e. The van der Waals surface area contributed by atoms with E-state index in [1.165, 1.54) is 5.56 Å². The van der Waals surface area contributed by atoms with E-state index in [4.69, 9.17) is 14.5 Å². The molecule has 27 heavy (non-hydrogen) atoms. The summed E-state index contributed by atoms with van der Waals surface area (Å²) in [4.78, 5) is 4.79. The monoisotopic (exact) mass is 489 g/mol. The topological polar surface area (TPSA) is 54.9 Å². The van der Waals surface area contributed by atoms with Gasteiger partial charge in [0.25, 0.3) is 0 Å². The quantitative estimate of drug-likeness (QED) is 0.228. The van der Waals surface area contributed by atoms with Gasteiger partial charge >= 0.3 is 0 Å². The number of halogens is 1. The number of guanidine groups is 1.